The van der Waals surface area contributed by atoms with Crippen molar-refractivity contribution in [3.8, 4) is 6.07 Å². The predicted octanol–water partition coefficient (Wildman–Crippen LogP) is 1.34. The number of nitriles is 1. The standard InChI is InChI=1S/C14H20N2O2/c1-3-14(9-17,10-18)16-11(2)13-6-4-12(8-15)5-7-13/h4-7,11,16-18H,3,9-10H2,1-2H3. The van der Waals surface area contributed by atoms with Gasteiger partial charge in [0.05, 0.1) is 30.4 Å². The third-order valence-corrected chi connectivity index (χ3v) is 3.34. The molecule has 0 saturated carbocycles. The molecule has 0 bridgehead atoms. The number of aliphatic hydroxyl groups excluding tert-OH is 2. The largest absolute Gasteiger partial charge is 0.394 e. The van der Waals surface area contributed by atoms with Crippen molar-refractivity contribution in [1.29, 1.82) is 5.26 Å². The maximum Gasteiger partial charge on any atom is 0.0991 e. The average molecular weight is 248 g/mol. The summed E-state index contributed by atoms with van der Waals surface area (Å²) in [6.07, 6.45) is 0.640. The summed E-state index contributed by atoms with van der Waals surface area (Å²) in [6.45, 7) is 3.67. The van der Waals surface area contributed by atoms with Gasteiger partial charge in [0.25, 0.3) is 0 Å². The zero-order valence-corrected chi connectivity index (χ0v) is 10.8. The molecule has 0 spiro atoms. The molecule has 0 aliphatic carbocycles. The molecule has 0 heterocycles. The van der Waals surface area contributed by atoms with Gasteiger partial charge in [-0.3, -0.25) is 0 Å². The fourth-order valence-electron chi connectivity index (χ4n) is 1.86. The highest BCUT2D eigenvalue weighted by molar-refractivity contribution is 5.32. The van der Waals surface area contributed by atoms with E-state index in [2.05, 4.69) is 11.4 Å². The topological polar surface area (TPSA) is 76.3 Å². The zero-order chi connectivity index (χ0) is 13.6. The second kappa shape index (κ2) is 6.50. The molecule has 0 amide bonds. The molecule has 4 nitrogen and oxygen atoms in total. The van der Waals surface area contributed by atoms with Gasteiger partial charge >= 0.3 is 0 Å². The van der Waals surface area contributed by atoms with Crippen LogP contribution >= 0.6 is 0 Å². The molecule has 1 atom stereocenters. The average Bonchev–Trinajstić information content (AvgIpc) is 2.45. The quantitative estimate of drug-likeness (QED) is 0.710. The van der Waals surface area contributed by atoms with Gasteiger partial charge < -0.3 is 15.5 Å². The summed E-state index contributed by atoms with van der Waals surface area (Å²) in [6, 6.07) is 9.36. The fourth-order valence-corrected chi connectivity index (χ4v) is 1.86. The number of rotatable bonds is 6. The van der Waals surface area contributed by atoms with Gasteiger partial charge in [-0.25, -0.2) is 0 Å². The Hall–Kier alpha value is -1.41. The first-order chi connectivity index (χ1) is 8.60. The molecule has 1 aromatic carbocycles. The molecule has 3 N–H and O–H groups in total. The molecule has 98 valence electrons. The van der Waals surface area contributed by atoms with Crippen molar-refractivity contribution in [2.24, 2.45) is 0 Å². The number of nitrogens with one attached hydrogen (secondary N) is 1. The Morgan fingerprint density at radius 2 is 1.83 bits per heavy atom. The van der Waals surface area contributed by atoms with Crippen LogP contribution in [0.5, 0.6) is 0 Å². The van der Waals surface area contributed by atoms with E-state index in [-0.39, 0.29) is 19.3 Å². The van der Waals surface area contributed by atoms with Crippen LogP contribution < -0.4 is 5.32 Å². The van der Waals surface area contributed by atoms with Crippen molar-refractivity contribution < 1.29 is 10.2 Å². The van der Waals surface area contributed by atoms with Crippen molar-refractivity contribution >= 4 is 0 Å². The maximum atomic E-state index is 9.39. The molecule has 0 fully saturated rings. The van der Waals surface area contributed by atoms with Gasteiger partial charge in [-0.2, -0.15) is 5.26 Å². The molecular formula is C14H20N2O2. The van der Waals surface area contributed by atoms with E-state index in [1.807, 2.05) is 26.0 Å². The van der Waals surface area contributed by atoms with E-state index in [4.69, 9.17) is 5.26 Å². The van der Waals surface area contributed by atoms with Gasteiger partial charge in [-0.05, 0) is 31.0 Å². The van der Waals surface area contributed by atoms with E-state index in [0.29, 0.717) is 12.0 Å². The van der Waals surface area contributed by atoms with Crippen LogP contribution in [-0.4, -0.2) is 29.0 Å². The van der Waals surface area contributed by atoms with Crippen LogP contribution in [0.1, 0.15) is 37.4 Å². The first kappa shape index (κ1) is 14.7. The minimum atomic E-state index is -0.659. The molecule has 18 heavy (non-hydrogen) atoms. The van der Waals surface area contributed by atoms with Crippen molar-refractivity contribution in [1.82, 2.24) is 5.32 Å². The Kier molecular flexibility index (Phi) is 5.29. The summed E-state index contributed by atoms with van der Waals surface area (Å²) >= 11 is 0. The van der Waals surface area contributed by atoms with E-state index in [9.17, 15) is 10.2 Å². The van der Waals surface area contributed by atoms with E-state index < -0.39 is 5.54 Å². The van der Waals surface area contributed by atoms with Gasteiger partial charge in [-0.1, -0.05) is 19.1 Å². The number of benzene rings is 1. The Labute approximate surface area is 108 Å². The van der Waals surface area contributed by atoms with Crippen molar-refractivity contribution in [2.75, 3.05) is 13.2 Å². The summed E-state index contributed by atoms with van der Waals surface area (Å²) in [5.74, 6) is 0. The lowest BCUT2D eigenvalue weighted by Gasteiger charge is -2.33. The summed E-state index contributed by atoms with van der Waals surface area (Å²) in [5.41, 5.74) is 0.985. The van der Waals surface area contributed by atoms with Gasteiger partial charge in [0, 0.05) is 6.04 Å². The molecule has 0 aromatic heterocycles. The lowest BCUT2D eigenvalue weighted by molar-refractivity contribution is 0.0793. The number of hydrogen-bond donors (Lipinski definition) is 3. The van der Waals surface area contributed by atoms with Crippen LogP contribution in [0.25, 0.3) is 0 Å². The number of aliphatic hydroxyl groups is 2. The van der Waals surface area contributed by atoms with Crippen molar-refractivity contribution in [3.63, 3.8) is 0 Å². The van der Waals surface area contributed by atoms with Gasteiger partial charge in [0.15, 0.2) is 0 Å². The Morgan fingerprint density at radius 3 is 2.22 bits per heavy atom. The molecule has 0 radical (unpaired) electrons. The molecule has 4 heteroatoms. The second-order valence-electron chi connectivity index (χ2n) is 4.55. The third-order valence-electron chi connectivity index (χ3n) is 3.34. The second-order valence-corrected chi connectivity index (χ2v) is 4.55. The van der Waals surface area contributed by atoms with Gasteiger partial charge in [0.2, 0.25) is 0 Å². The van der Waals surface area contributed by atoms with Gasteiger partial charge in [0.1, 0.15) is 0 Å². The summed E-state index contributed by atoms with van der Waals surface area (Å²) in [7, 11) is 0. The molecule has 1 aromatic rings. The minimum Gasteiger partial charge on any atom is -0.394 e. The summed E-state index contributed by atoms with van der Waals surface area (Å²) < 4.78 is 0. The zero-order valence-electron chi connectivity index (χ0n) is 10.8. The minimum absolute atomic E-state index is 0.00278. The van der Waals surface area contributed by atoms with Crippen LogP contribution in [0.2, 0.25) is 0 Å². The van der Waals surface area contributed by atoms with Crippen LogP contribution in [0.3, 0.4) is 0 Å². The van der Waals surface area contributed by atoms with E-state index in [0.717, 1.165) is 5.56 Å². The summed E-state index contributed by atoms with van der Waals surface area (Å²) in [4.78, 5) is 0. The lowest BCUT2D eigenvalue weighted by atomic mass is 9.95. The first-order valence-corrected chi connectivity index (χ1v) is 6.10. The molecule has 0 saturated heterocycles. The normalized spacial score (nSPS) is 13.1. The Morgan fingerprint density at radius 1 is 1.28 bits per heavy atom. The third kappa shape index (κ3) is 3.30. The predicted molar refractivity (Wildman–Crippen MR) is 69.9 cm³/mol. The smallest absolute Gasteiger partial charge is 0.0991 e. The lowest BCUT2D eigenvalue weighted by Crippen LogP contribution is -2.52. The Balaban J connectivity index is 2.80. The molecule has 0 aliphatic rings. The van der Waals surface area contributed by atoms with E-state index in [1.165, 1.54) is 0 Å². The van der Waals surface area contributed by atoms with Crippen LogP contribution in [0.4, 0.5) is 0 Å². The molecule has 0 aliphatic heterocycles. The van der Waals surface area contributed by atoms with E-state index in [1.54, 1.807) is 12.1 Å². The summed E-state index contributed by atoms with van der Waals surface area (Å²) in [5, 5.41) is 30.8. The van der Waals surface area contributed by atoms with Crippen molar-refractivity contribution in [3.05, 3.63) is 35.4 Å². The first-order valence-electron chi connectivity index (χ1n) is 6.10. The molecule has 1 rings (SSSR count). The van der Waals surface area contributed by atoms with Gasteiger partial charge in [-0.15, -0.1) is 0 Å². The fraction of sp³-hybridized carbons (Fsp3) is 0.500. The molecular weight excluding hydrogens is 228 g/mol. The number of nitrogens with zero attached hydrogens (tertiary/aromatic N) is 1. The monoisotopic (exact) mass is 248 g/mol. The highest BCUT2D eigenvalue weighted by Crippen LogP contribution is 2.19. The van der Waals surface area contributed by atoms with Crippen molar-refractivity contribution in [2.45, 2.75) is 31.8 Å². The molecule has 1 unspecified atom stereocenters. The van der Waals surface area contributed by atoms with Crippen LogP contribution in [0.15, 0.2) is 24.3 Å². The van der Waals surface area contributed by atoms with E-state index >= 15 is 0 Å². The Bertz CT molecular complexity index is 397. The van der Waals surface area contributed by atoms with Crippen LogP contribution in [-0.2, 0) is 0 Å². The SMILES string of the molecule is CCC(CO)(CO)NC(C)c1ccc(C#N)cc1. The highest BCUT2D eigenvalue weighted by atomic mass is 16.3. The highest BCUT2D eigenvalue weighted by Gasteiger charge is 2.28. The van der Waals surface area contributed by atoms with Crippen LogP contribution in [0, 0.1) is 11.3 Å². The number of hydrogen-bond acceptors (Lipinski definition) is 4. The maximum absolute atomic E-state index is 9.39.